The molecule has 4 nitrogen and oxygen atoms in total. The van der Waals surface area contributed by atoms with Crippen LogP contribution in [0.4, 0.5) is 17.1 Å². The first-order valence-electron chi connectivity index (χ1n) is 19.1. The third-order valence-electron chi connectivity index (χ3n) is 10.7. The predicted octanol–water partition coefficient (Wildman–Crippen LogP) is 14.9. The molecule has 268 valence electrons. The van der Waals surface area contributed by atoms with Crippen molar-refractivity contribution in [3.63, 3.8) is 0 Å². The van der Waals surface area contributed by atoms with E-state index in [1.54, 1.807) is 11.3 Å². The van der Waals surface area contributed by atoms with Gasteiger partial charge in [0, 0.05) is 49.0 Å². The van der Waals surface area contributed by atoms with Crippen LogP contribution in [0.3, 0.4) is 0 Å². The van der Waals surface area contributed by atoms with E-state index >= 15 is 0 Å². The van der Waals surface area contributed by atoms with E-state index in [0.29, 0.717) is 5.82 Å². The predicted molar refractivity (Wildman–Crippen MR) is 239 cm³/mol. The first-order valence-corrected chi connectivity index (χ1v) is 19.9. The molecule has 5 heteroatoms. The molecule has 8 aromatic carbocycles. The van der Waals surface area contributed by atoms with Crippen LogP contribution < -0.4 is 4.90 Å². The standard InChI is InChI=1S/C52H33N3OS/c1-4-15-34(16-5-1)37-19-14-22-41(31-37)55(39-20-8-3-9-21-39)40-29-27-35(28-30-40)38-32-44(48-42-23-10-12-25-45(42)56-46(48)33-38)52-53-49(36-17-6-2-7-18-36)51-50(54-52)43-24-11-13-26-47(43)57-51/h1-33H. The van der Waals surface area contributed by atoms with Crippen LogP contribution in [0.15, 0.2) is 205 Å². The maximum Gasteiger partial charge on any atom is 0.161 e. The molecule has 3 heterocycles. The molecule has 57 heavy (non-hydrogen) atoms. The van der Waals surface area contributed by atoms with Gasteiger partial charge < -0.3 is 9.32 Å². The first-order chi connectivity index (χ1) is 28.2. The monoisotopic (exact) mass is 747 g/mol. The van der Waals surface area contributed by atoms with Gasteiger partial charge in [0.2, 0.25) is 0 Å². The molecule has 0 aliphatic carbocycles. The van der Waals surface area contributed by atoms with Crippen molar-refractivity contribution in [1.82, 2.24) is 9.97 Å². The Kier molecular flexibility index (Phi) is 7.97. The molecular formula is C52H33N3OS. The van der Waals surface area contributed by atoms with Gasteiger partial charge in [0.05, 0.1) is 15.9 Å². The van der Waals surface area contributed by atoms with Crippen LogP contribution in [0.1, 0.15) is 0 Å². The molecule has 0 aliphatic heterocycles. The van der Waals surface area contributed by atoms with Gasteiger partial charge >= 0.3 is 0 Å². The fraction of sp³-hybridized carbons (Fsp3) is 0. The number of thiophene rings is 1. The molecule has 0 unspecified atom stereocenters. The number of fused-ring (bicyclic) bond motifs is 6. The molecule has 0 amide bonds. The van der Waals surface area contributed by atoms with Crippen LogP contribution in [0.2, 0.25) is 0 Å². The second-order valence-corrected chi connectivity index (χ2v) is 15.2. The summed E-state index contributed by atoms with van der Waals surface area (Å²) < 4.78 is 8.88. The molecule has 0 saturated carbocycles. The van der Waals surface area contributed by atoms with E-state index in [9.17, 15) is 0 Å². The summed E-state index contributed by atoms with van der Waals surface area (Å²) in [4.78, 5) is 13.1. The Morgan fingerprint density at radius 1 is 0.421 bits per heavy atom. The lowest BCUT2D eigenvalue weighted by Gasteiger charge is -2.26. The van der Waals surface area contributed by atoms with Gasteiger partial charge in [-0.15, -0.1) is 11.3 Å². The number of aromatic nitrogens is 2. The van der Waals surface area contributed by atoms with Gasteiger partial charge in [-0.25, -0.2) is 9.97 Å². The van der Waals surface area contributed by atoms with Crippen LogP contribution in [0, 0.1) is 0 Å². The van der Waals surface area contributed by atoms with Crippen LogP contribution in [0.5, 0.6) is 0 Å². The fourth-order valence-corrected chi connectivity index (χ4v) is 9.14. The normalized spacial score (nSPS) is 11.5. The Bertz CT molecular complexity index is 3230. The van der Waals surface area contributed by atoms with Crippen LogP contribution in [-0.2, 0) is 0 Å². The van der Waals surface area contributed by atoms with Crippen molar-refractivity contribution in [2.45, 2.75) is 0 Å². The molecule has 0 fully saturated rings. The topological polar surface area (TPSA) is 42.2 Å². The van der Waals surface area contributed by atoms with Gasteiger partial charge in [-0.2, -0.15) is 0 Å². The largest absolute Gasteiger partial charge is 0.456 e. The average Bonchev–Trinajstić information content (AvgIpc) is 3.86. The number of rotatable bonds is 7. The molecule has 11 aromatic rings. The molecule has 0 aliphatic rings. The Labute approximate surface area is 333 Å². The van der Waals surface area contributed by atoms with Crippen LogP contribution in [0.25, 0.3) is 87.1 Å². The van der Waals surface area contributed by atoms with E-state index in [0.717, 1.165) is 82.6 Å². The van der Waals surface area contributed by atoms with Crippen molar-refractivity contribution in [2.24, 2.45) is 0 Å². The zero-order valence-corrected chi connectivity index (χ0v) is 31.5. The zero-order chi connectivity index (χ0) is 37.7. The molecule has 0 bridgehead atoms. The van der Waals surface area contributed by atoms with E-state index in [2.05, 4.69) is 187 Å². The van der Waals surface area contributed by atoms with Crippen molar-refractivity contribution in [3.05, 3.63) is 200 Å². The molecule has 3 aromatic heterocycles. The highest BCUT2D eigenvalue weighted by molar-refractivity contribution is 7.26. The van der Waals surface area contributed by atoms with Gasteiger partial charge in [0.1, 0.15) is 11.2 Å². The highest BCUT2D eigenvalue weighted by Gasteiger charge is 2.22. The van der Waals surface area contributed by atoms with Crippen molar-refractivity contribution < 1.29 is 4.42 Å². The molecule has 0 saturated heterocycles. The lowest BCUT2D eigenvalue weighted by molar-refractivity contribution is 0.669. The summed E-state index contributed by atoms with van der Waals surface area (Å²) in [7, 11) is 0. The van der Waals surface area contributed by atoms with Crippen molar-refractivity contribution in [3.8, 4) is 44.9 Å². The smallest absolute Gasteiger partial charge is 0.161 e. The second-order valence-electron chi connectivity index (χ2n) is 14.2. The second kappa shape index (κ2) is 13.7. The maximum atomic E-state index is 6.60. The molecule has 0 radical (unpaired) electrons. The van der Waals surface area contributed by atoms with Gasteiger partial charge in [-0.05, 0) is 82.9 Å². The lowest BCUT2D eigenvalue weighted by Crippen LogP contribution is -2.09. The number of furan rings is 1. The van der Waals surface area contributed by atoms with E-state index in [-0.39, 0.29) is 0 Å². The summed E-state index contributed by atoms with van der Waals surface area (Å²) in [5, 5.41) is 3.19. The summed E-state index contributed by atoms with van der Waals surface area (Å²) >= 11 is 1.75. The number of hydrogen-bond donors (Lipinski definition) is 0. The van der Waals surface area contributed by atoms with E-state index in [4.69, 9.17) is 14.4 Å². The summed E-state index contributed by atoms with van der Waals surface area (Å²) in [5.74, 6) is 0.675. The van der Waals surface area contributed by atoms with Gasteiger partial charge in [-0.1, -0.05) is 140 Å². The van der Waals surface area contributed by atoms with Crippen LogP contribution >= 0.6 is 11.3 Å². The van der Waals surface area contributed by atoms with Crippen molar-refractivity contribution >= 4 is 70.6 Å². The minimum absolute atomic E-state index is 0.675. The summed E-state index contributed by atoms with van der Waals surface area (Å²) in [6, 6.07) is 70.2. The van der Waals surface area contributed by atoms with E-state index in [1.807, 2.05) is 18.2 Å². The Balaban J connectivity index is 1.08. The molecule has 0 atom stereocenters. The summed E-state index contributed by atoms with van der Waals surface area (Å²) in [5.41, 5.74) is 13.2. The number of hydrogen-bond acceptors (Lipinski definition) is 5. The third-order valence-corrected chi connectivity index (χ3v) is 11.8. The van der Waals surface area contributed by atoms with Crippen molar-refractivity contribution in [2.75, 3.05) is 4.90 Å². The number of anilines is 3. The van der Waals surface area contributed by atoms with Gasteiger partial charge in [0.15, 0.2) is 5.82 Å². The Morgan fingerprint density at radius 3 is 1.82 bits per heavy atom. The molecular weight excluding hydrogens is 715 g/mol. The van der Waals surface area contributed by atoms with E-state index < -0.39 is 0 Å². The third kappa shape index (κ3) is 5.84. The SMILES string of the molecule is c1ccc(-c2cccc(N(c3ccccc3)c3ccc(-c4cc(-c5nc(-c6ccccc6)c6sc7ccccc7c6n5)c5c(c4)oc4ccccc45)cc3)c2)cc1. The molecule has 0 spiro atoms. The van der Waals surface area contributed by atoms with E-state index in [1.165, 1.54) is 15.8 Å². The number of benzene rings is 8. The lowest BCUT2D eigenvalue weighted by atomic mass is 9.97. The van der Waals surface area contributed by atoms with Gasteiger partial charge in [0.25, 0.3) is 0 Å². The average molecular weight is 748 g/mol. The highest BCUT2D eigenvalue weighted by atomic mass is 32.1. The highest BCUT2D eigenvalue weighted by Crippen LogP contribution is 2.44. The Hall–Kier alpha value is -7.34. The summed E-state index contributed by atoms with van der Waals surface area (Å²) in [6.45, 7) is 0. The van der Waals surface area contributed by atoms with Crippen molar-refractivity contribution in [1.29, 1.82) is 0 Å². The first kappa shape index (κ1) is 33.0. The zero-order valence-electron chi connectivity index (χ0n) is 30.7. The fourth-order valence-electron chi connectivity index (χ4n) is 7.98. The quantitative estimate of drug-likeness (QED) is 0.163. The molecule has 0 N–H and O–H groups in total. The number of para-hydroxylation sites is 2. The van der Waals surface area contributed by atoms with Gasteiger partial charge in [-0.3, -0.25) is 0 Å². The number of nitrogens with zero attached hydrogens (tertiary/aromatic N) is 3. The minimum atomic E-state index is 0.675. The Morgan fingerprint density at radius 2 is 1.04 bits per heavy atom. The summed E-state index contributed by atoms with van der Waals surface area (Å²) in [6.07, 6.45) is 0. The van der Waals surface area contributed by atoms with Crippen LogP contribution in [-0.4, -0.2) is 9.97 Å². The minimum Gasteiger partial charge on any atom is -0.456 e. The maximum absolute atomic E-state index is 6.60. The molecule has 11 rings (SSSR count).